The summed E-state index contributed by atoms with van der Waals surface area (Å²) < 4.78 is 5.79. The van der Waals surface area contributed by atoms with Crippen LogP contribution < -0.4 is 0 Å². The molecule has 3 N–H and O–H groups in total. The second kappa shape index (κ2) is 9.09. The van der Waals surface area contributed by atoms with Crippen LogP contribution in [-0.2, 0) is 11.2 Å². The second-order valence-electron chi connectivity index (χ2n) is 7.49. The third-order valence-corrected chi connectivity index (χ3v) is 6.67. The first-order valence-corrected chi connectivity index (χ1v) is 10.9. The fraction of sp³-hybridized carbons (Fsp3) is 0.364. The Hall–Kier alpha value is -1.87. The van der Waals surface area contributed by atoms with Crippen molar-refractivity contribution in [3.63, 3.8) is 0 Å². The third kappa shape index (κ3) is 4.56. The highest BCUT2D eigenvalue weighted by Gasteiger charge is 2.37. The van der Waals surface area contributed by atoms with Crippen LogP contribution in [0.2, 0.25) is 5.02 Å². The summed E-state index contributed by atoms with van der Waals surface area (Å²) in [6.07, 6.45) is -2.57. The summed E-state index contributed by atoms with van der Waals surface area (Å²) in [6, 6.07) is 13.5. The molecule has 8 heteroatoms. The predicted molar refractivity (Wildman–Crippen MR) is 116 cm³/mol. The van der Waals surface area contributed by atoms with Gasteiger partial charge in [-0.25, -0.2) is 0 Å². The number of hydrogen-bond donors (Lipinski definition) is 3. The van der Waals surface area contributed by atoms with Gasteiger partial charge >= 0.3 is 0 Å². The van der Waals surface area contributed by atoms with Gasteiger partial charge in [0.25, 0.3) is 0 Å². The van der Waals surface area contributed by atoms with Crippen LogP contribution in [0.4, 0.5) is 0 Å². The van der Waals surface area contributed by atoms with Crippen LogP contribution in [0.15, 0.2) is 42.5 Å². The van der Waals surface area contributed by atoms with Crippen LogP contribution in [-0.4, -0.2) is 50.4 Å². The third-order valence-electron chi connectivity index (χ3n) is 5.28. The molecule has 1 saturated heterocycles. The molecule has 0 saturated carbocycles. The molecular formula is C22H23ClN2O4S. The maximum absolute atomic E-state index is 10.1. The number of benzene rings is 1. The van der Waals surface area contributed by atoms with E-state index in [0.29, 0.717) is 11.4 Å². The topological polar surface area (TPSA) is 95.7 Å². The van der Waals surface area contributed by atoms with Crippen LogP contribution in [0.5, 0.6) is 0 Å². The molecule has 6 nitrogen and oxygen atoms in total. The van der Waals surface area contributed by atoms with Crippen molar-refractivity contribution in [1.29, 1.82) is 0 Å². The SMILES string of the molecule is Cc1ccc(-c2ccc(Cc3cc([C@H]4C[C@@H](O)[C@H](O)[C@@H](CO)O4)ccc3Cl)nn2)s1. The molecular weight excluding hydrogens is 424 g/mol. The average Bonchev–Trinajstić information content (AvgIpc) is 3.18. The molecule has 0 radical (unpaired) electrons. The zero-order valence-corrected chi connectivity index (χ0v) is 18.0. The Morgan fingerprint density at radius 3 is 2.63 bits per heavy atom. The lowest BCUT2D eigenvalue weighted by molar-refractivity contribution is -0.181. The lowest BCUT2D eigenvalue weighted by atomic mass is 9.93. The minimum Gasteiger partial charge on any atom is -0.394 e. The molecule has 0 unspecified atom stereocenters. The zero-order chi connectivity index (χ0) is 21.3. The van der Waals surface area contributed by atoms with Crippen molar-refractivity contribution in [2.45, 2.75) is 44.2 Å². The van der Waals surface area contributed by atoms with E-state index in [0.717, 1.165) is 27.4 Å². The Morgan fingerprint density at radius 2 is 1.97 bits per heavy atom. The Kier molecular flexibility index (Phi) is 6.48. The number of aryl methyl sites for hydroxylation is 1. The van der Waals surface area contributed by atoms with Crippen molar-refractivity contribution >= 4 is 22.9 Å². The van der Waals surface area contributed by atoms with E-state index >= 15 is 0 Å². The van der Waals surface area contributed by atoms with E-state index in [1.165, 1.54) is 4.88 Å². The molecule has 1 fully saturated rings. The van der Waals surface area contributed by atoms with Gasteiger partial charge in [0.15, 0.2) is 0 Å². The van der Waals surface area contributed by atoms with E-state index in [-0.39, 0.29) is 13.0 Å². The first kappa shape index (κ1) is 21.4. The zero-order valence-electron chi connectivity index (χ0n) is 16.4. The standard InChI is InChI=1S/C22H23ClN2O4S/c1-12-2-7-21(30-12)17-6-4-15(24-25-17)9-14-8-13(3-5-16(14)23)19-10-18(27)22(28)20(11-26)29-19/h2-8,18-20,22,26-28H,9-11H2,1H3/t18-,19-,20-,22+/m1/s1. The molecule has 1 aromatic carbocycles. The maximum Gasteiger partial charge on any atom is 0.110 e. The quantitative estimate of drug-likeness (QED) is 0.556. The molecule has 4 atom stereocenters. The summed E-state index contributed by atoms with van der Waals surface area (Å²) in [6.45, 7) is 1.70. The maximum atomic E-state index is 10.1. The number of nitrogens with zero attached hydrogens (tertiary/aromatic N) is 2. The number of aliphatic hydroxyl groups is 3. The van der Waals surface area contributed by atoms with Crippen molar-refractivity contribution in [1.82, 2.24) is 10.2 Å². The number of thiophene rings is 1. The van der Waals surface area contributed by atoms with Crippen LogP contribution in [0.1, 0.15) is 34.2 Å². The predicted octanol–water partition coefficient (Wildman–Crippen LogP) is 3.30. The number of ether oxygens (including phenoxy) is 1. The summed E-state index contributed by atoms with van der Waals surface area (Å²) in [7, 11) is 0. The summed E-state index contributed by atoms with van der Waals surface area (Å²) in [5.74, 6) is 0. The fourth-order valence-corrected chi connectivity index (χ4v) is 4.62. The molecule has 0 aliphatic carbocycles. The van der Waals surface area contributed by atoms with E-state index in [2.05, 4.69) is 23.2 Å². The highest BCUT2D eigenvalue weighted by Crippen LogP contribution is 2.34. The smallest absolute Gasteiger partial charge is 0.110 e. The van der Waals surface area contributed by atoms with E-state index in [1.54, 1.807) is 17.4 Å². The molecule has 0 bridgehead atoms. The summed E-state index contributed by atoms with van der Waals surface area (Å²) in [4.78, 5) is 2.31. The molecule has 3 heterocycles. The fourth-order valence-electron chi connectivity index (χ4n) is 3.60. The molecule has 158 valence electrons. The Balaban J connectivity index is 1.52. The molecule has 1 aliphatic rings. The van der Waals surface area contributed by atoms with E-state index < -0.39 is 24.4 Å². The molecule has 2 aromatic heterocycles. The van der Waals surface area contributed by atoms with Crippen LogP contribution >= 0.6 is 22.9 Å². The van der Waals surface area contributed by atoms with Gasteiger partial charge < -0.3 is 20.1 Å². The van der Waals surface area contributed by atoms with E-state index in [1.807, 2.05) is 30.3 Å². The van der Waals surface area contributed by atoms with E-state index in [9.17, 15) is 15.3 Å². The van der Waals surface area contributed by atoms with Crippen molar-refractivity contribution in [3.8, 4) is 10.6 Å². The van der Waals surface area contributed by atoms with Gasteiger partial charge in [-0.2, -0.15) is 5.10 Å². The van der Waals surface area contributed by atoms with Gasteiger partial charge in [-0.15, -0.1) is 16.4 Å². The van der Waals surface area contributed by atoms with E-state index in [4.69, 9.17) is 16.3 Å². The summed E-state index contributed by atoms with van der Waals surface area (Å²) in [5, 5.41) is 38.7. The Labute approximate surface area is 183 Å². The molecule has 0 spiro atoms. The minimum atomic E-state index is -1.10. The normalized spacial score (nSPS) is 24.2. The number of aromatic nitrogens is 2. The van der Waals surface area contributed by atoms with Crippen molar-refractivity contribution in [2.75, 3.05) is 6.61 Å². The highest BCUT2D eigenvalue weighted by atomic mass is 35.5. The van der Waals surface area contributed by atoms with Crippen molar-refractivity contribution in [2.24, 2.45) is 0 Å². The largest absolute Gasteiger partial charge is 0.394 e. The first-order valence-electron chi connectivity index (χ1n) is 9.75. The van der Waals surface area contributed by atoms with Crippen LogP contribution in [0, 0.1) is 6.92 Å². The van der Waals surface area contributed by atoms with Gasteiger partial charge in [0, 0.05) is 22.7 Å². The minimum absolute atomic E-state index is 0.244. The van der Waals surface area contributed by atoms with Gasteiger partial charge in [-0.05, 0) is 48.4 Å². The lowest BCUT2D eigenvalue weighted by Crippen LogP contribution is -2.47. The average molecular weight is 447 g/mol. The van der Waals surface area contributed by atoms with Gasteiger partial charge in [0.05, 0.1) is 29.4 Å². The number of rotatable bonds is 5. The molecule has 0 amide bonds. The molecule has 1 aliphatic heterocycles. The van der Waals surface area contributed by atoms with Gasteiger partial charge in [-0.3, -0.25) is 0 Å². The molecule has 30 heavy (non-hydrogen) atoms. The summed E-state index contributed by atoms with van der Waals surface area (Å²) >= 11 is 8.09. The highest BCUT2D eigenvalue weighted by molar-refractivity contribution is 7.15. The number of hydrogen-bond acceptors (Lipinski definition) is 7. The summed E-state index contributed by atoms with van der Waals surface area (Å²) in [5.41, 5.74) is 3.33. The molecule has 4 rings (SSSR count). The van der Waals surface area contributed by atoms with Gasteiger partial charge in [0.1, 0.15) is 17.9 Å². The monoisotopic (exact) mass is 446 g/mol. The van der Waals surface area contributed by atoms with Crippen LogP contribution in [0.3, 0.4) is 0 Å². The molecule has 3 aromatic rings. The number of halogens is 1. The van der Waals surface area contributed by atoms with Crippen LogP contribution in [0.25, 0.3) is 10.6 Å². The second-order valence-corrected chi connectivity index (χ2v) is 9.18. The number of aliphatic hydroxyl groups excluding tert-OH is 3. The first-order chi connectivity index (χ1) is 14.4. The Bertz CT molecular complexity index is 1010. The van der Waals surface area contributed by atoms with Crippen molar-refractivity contribution < 1.29 is 20.1 Å². The van der Waals surface area contributed by atoms with Gasteiger partial charge in [0.2, 0.25) is 0 Å². The lowest BCUT2D eigenvalue weighted by Gasteiger charge is -2.36. The Morgan fingerprint density at radius 1 is 1.13 bits per heavy atom. The van der Waals surface area contributed by atoms with Crippen molar-refractivity contribution in [3.05, 3.63) is 69.2 Å². The van der Waals surface area contributed by atoms with Gasteiger partial charge in [-0.1, -0.05) is 23.7 Å².